The van der Waals surface area contributed by atoms with E-state index in [1.54, 1.807) is 28.9 Å². The first-order valence-electron chi connectivity index (χ1n) is 21.7. The summed E-state index contributed by atoms with van der Waals surface area (Å²) in [7, 11) is 0. The van der Waals surface area contributed by atoms with Gasteiger partial charge in [-0.25, -0.2) is 0 Å². The van der Waals surface area contributed by atoms with Gasteiger partial charge in [0.1, 0.15) is 24.6 Å². The average molecular weight is 970 g/mol. The van der Waals surface area contributed by atoms with Crippen LogP contribution in [0.3, 0.4) is 0 Å². The molecule has 0 saturated carbocycles. The van der Waals surface area contributed by atoms with Gasteiger partial charge in [-0.1, -0.05) is 103 Å². The molecule has 9 atom stereocenters. The summed E-state index contributed by atoms with van der Waals surface area (Å²) < 4.78 is 43.5. The van der Waals surface area contributed by atoms with E-state index < -0.39 is 72.9 Å². The second-order valence-corrected chi connectivity index (χ2v) is 17.5. The van der Waals surface area contributed by atoms with Crippen molar-refractivity contribution in [3.8, 4) is 11.4 Å². The molecule has 5 aromatic rings. The van der Waals surface area contributed by atoms with E-state index in [1.165, 1.54) is 25.6 Å². The summed E-state index contributed by atoms with van der Waals surface area (Å²) in [4.78, 5) is 48.8. The van der Waals surface area contributed by atoms with Crippen LogP contribution in [0.15, 0.2) is 108 Å². The number of aliphatic hydroxyl groups is 1. The lowest BCUT2D eigenvalue weighted by molar-refractivity contribution is -0.255. The van der Waals surface area contributed by atoms with Crippen LogP contribution in [0.2, 0.25) is 0 Å². The number of thiocarbonyl (C=S) groups is 1. The fourth-order valence-corrected chi connectivity index (χ4v) is 9.26. The molecule has 2 saturated heterocycles. The van der Waals surface area contributed by atoms with Crippen molar-refractivity contribution in [1.82, 2.24) is 25.5 Å². The van der Waals surface area contributed by atoms with Gasteiger partial charge in [0.2, 0.25) is 5.16 Å². The summed E-state index contributed by atoms with van der Waals surface area (Å²) in [6.45, 7) is 4.54. The summed E-state index contributed by atoms with van der Waals surface area (Å²) in [6.07, 6.45) is -7.63. The quantitative estimate of drug-likeness (QED) is 0.0451. The number of phenols is 1. The highest BCUT2D eigenvalue weighted by Crippen LogP contribution is 2.48. The molecular weight excluding hydrogens is 919 g/mol. The second kappa shape index (κ2) is 23.1. The fourth-order valence-electron chi connectivity index (χ4n) is 8.06. The zero-order chi connectivity index (χ0) is 48.3. The molecule has 0 bridgehead atoms. The number of nitrogens with one attached hydrogen (secondary N) is 1. The van der Waals surface area contributed by atoms with Gasteiger partial charge in [-0.3, -0.25) is 19.2 Å². The summed E-state index contributed by atoms with van der Waals surface area (Å²) in [5.74, 6) is -2.49. The molecule has 7 rings (SSSR count). The van der Waals surface area contributed by atoms with Gasteiger partial charge in [-0.15, -0.1) is 5.10 Å². The Morgan fingerprint density at radius 3 is 1.96 bits per heavy atom. The predicted octanol–water partition coefficient (Wildman–Crippen LogP) is 5.52. The summed E-state index contributed by atoms with van der Waals surface area (Å²) in [6, 6.07) is 31.9. The van der Waals surface area contributed by atoms with Crippen LogP contribution in [0.5, 0.6) is 5.75 Å². The Balaban J connectivity index is 1.09. The molecule has 0 spiro atoms. The molecule has 0 amide bonds. The van der Waals surface area contributed by atoms with Gasteiger partial charge in [-0.05, 0) is 56.9 Å². The number of carbonyl (C=O) groups excluding carboxylic acids is 4. The summed E-state index contributed by atoms with van der Waals surface area (Å²) >= 11 is 7.17. The predicted molar refractivity (Wildman–Crippen MR) is 247 cm³/mol. The van der Waals surface area contributed by atoms with Crippen molar-refractivity contribution in [3.05, 3.63) is 131 Å². The number of aromatic nitrogens is 4. The number of aromatic hydroxyl groups is 1. The van der Waals surface area contributed by atoms with E-state index in [2.05, 4.69) is 20.8 Å². The molecule has 4 aromatic carbocycles. The monoisotopic (exact) mass is 969 g/mol. The zero-order valence-corrected chi connectivity index (χ0v) is 39.2. The molecule has 2 aliphatic rings. The van der Waals surface area contributed by atoms with E-state index in [4.69, 9.17) is 45.4 Å². The topological polar surface area (TPSA) is 229 Å². The molecule has 0 radical (unpaired) electrons. The number of esters is 4. The SMILES string of the molecule is CC(=O)OCC1OC(CC(=S)NCc2ccc(C3OC(CSc4nnnn4-c4ccc(O)cc4)C(c4ccccc4)C(c4ccc(CO)cc4)O3)cc2)C(OC(C)=O)C(OC(C)=O)C1OC(C)=O. The lowest BCUT2D eigenvalue weighted by Gasteiger charge is -2.44. The molecular formula is C48H51N5O13S2. The van der Waals surface area contributed by atoms with Crippen LogP contribution in [0.4, 0.5) is 0 Å². The first-order chi connectivity index (χ1) is 32.8. The largest absolute Gasteiger partial charge is 0.508 e. The third-order valence-corrected chi connectivity index (χ3v) is 12.4. The van der Waals surface area contributed by atoms with Crippen LogP contribution < -0.4 is 5.32 Å². The number of aliphatic hydroxyl groups excluding tert-OH is 1. The van der Waals surface area contributed by atoms with E-state index in [1.807, 2.05) is 78.9 Å². The lowest BCUT2D eigenvalue weighted by Crippen LogP contribution is -2.62. The molecule has 3 heterocycles. The lowest BCUT2D eigenvalue weighted by atomic mass is 9.84. The van der Waals surface area contributed by atoms with Crippen LogP contribution in [-0.2, 0) is 65.5 Å². The fraction of sp³-hybridized carbons (Fsp3) is 0.375. The van der Waals surface area contributed by atoms with Crippen molar-refractivity contribution >= 4 is 52.8 Å². The van der Waals surface area contributed by atoms with Crippen LogP contribution in [0.25, 0.3) is 5.69 Å². The van der Waals surface area contributed by atoms with Gasteiger partial charge in [0.25, 0.3) is 0 Å². The maximum atomic E-state index is 12.3. The van der Waals surface area contributed by atoms with E-state index in [-0.39, 0.29) is 37.8 Å². The van der Waals surface area contributed by atoms with E-state index in [9.17, 15) is 29.4 Å². The molecule has 2 fully saturated rings. The molecule has 2 aliphatic heterocycles. The molecule has 3 N–H and O–H groups in total. The molecule has 9 unspecified atom stereocenters. The van der Waals surface area contributed by atoms with E-state index >= 15 is 0 Å². The highest BCUT2D eigenvalue weighted by molar-refractivity contribution is 7.99. The Kier molecular flexibility index (Phi) is 16.9. The highest BCUT2D eigenvalue weighted by atomic mass is 32.2. The van der Waals surface area contributed by atoms with Crippen molar-refractivity contribution in [1.29, 1.82) is 0 Å². The van der Waals surface area contributed by atoms with Crippen LogP contribution in [0.1, 0.15) is 80.2 Å². The van der Waals surface area contributed by atoms with E-state index in [0.717, 1.165) is 41.7 Å². The first-order valence-corrected chi connectivity index (χ1v) is 23.1. The number of nitrogens with zero attached hydrogens (tertiary/aromatic N) is 4. The molecule has 18 nitrogen and oxygen atoms in total. The molecule has 0 aliphatic carbocycles. The normalized spacial score (nSPS) is 23.5. The van der Waals surface area contributed by atoms with Gasteiger partial charge in [0.15, 0.2) is 24.6 Å². The second-order valence-electron chi connectivity index (χ2n) is 16.1. The Morgan fingerprint density at radius 1 is 0.706 bits per heavy atom. The Morgan fingerprint density at radius 2 is 1.32 bits per heavy atom. The third-order valence-electron chi connectivity index (χ3n) is 11.1. The van der Waals surface area contributed by atoms with Crippen LogP contribution in [0, 0.1) is 0 Å². The Bertz CT molecular complexity index is 2510. The zero-order valence-electron chi connectivity index (χ0n) is 37.5. The van der Waals surface area contributed by atoms with Crippen molar-refractivity contribution in [2.24, 2.45) is 0 Å². The highest BCUT2D eigenvalue weighted by Gasteiger charge is 2.52. The number of hydrogen-bond acceptors (Lipinski definition) is 18. The van der Waals surface area contributed by atoms with Gasteiger partial charge in [0.05, 0.1) is 29.5 Å². The maximum absolute atomic E-state index is 12.3. The smallest absolute Gasteiger partial charge is 0.303 e. The molecule has 358 valence electrons. The number of ether oxygens (including phenoxy) is 7. The Hall–Kier alpha value is -6.29. The van der Waals surface area contributed by atoms with Gasteiger partial charge < -0.3 is 48.7 Å². The number of hydrogen-bond donors (Lipinski definition) is 3. The standard InChI is InChI=1S/C48H51N5O13S2/c1-27(55)60-25-39-45(62-29(3)57)46(63-30(4)58)44(61-28(2)56)38(64-39)22-41(67)49-23-31-10-16-35(17-11-31)47-65-40(26-68-48-50-51-52-53(48)36-18-20-37(59)21-19-36)42(33-8-6-5-7-9-33)43(66-47)34-14-12-32(24-54)13-15-34/h5-21,38-40,42-47,54,59H,22-26H2,1-4H3,(H,49,67). The minimum atomic E-state index is -1.30. The van der Waals surface area contributed by atoms with Crippen molar-refractivity contribution in [2.45, 2.75) is 107 Å². The first kappa shape index (κ1) is 49.6. The molecule has 20 heteroatoms. The number of tetrazole rings is 1. The van der Waals surface area contributed by atoms with Gasteiger partial charge >= 0.3 is 23.9 Å². The van der Waals surface area contributed by atoms with Crippen LogP contribution >= 0.6 is 24.0 Å². The van der Waals surface area contributed by atoms with Crippen molar-refractivity contribution in [2.75, 3.05) is 12.4 Å². The van der Waals surface area contributed by atoms with E-state index in [0.29, 0.717) is 21.6 Å². The van der Waals surface area contributed by atoms with Crippen LogP contribution in [-0.4, -0.2) is 108 Å². The average Bonchev–Trinajstić information content (AvgIpc) is 3.80. The van der Waals surface area contributed by atoms with Crippen molar-refractivity contribution in [3.63, 3.8) is 0 Å². The van der Waals surface area contributed by atoms with Gasteiger partial charge in [0, 0.05) is 57.9 Å². The number of rotatable bonds is 17. The Labute approximate surface area is 401 Å². The maximum Gasteiger partial charge on any atom is 0.303 e. The molecule has 1 aromatic heterocycles. The number of benzene rings is 4. The van der Waals surface area contributed by atoms with Crippen molar-refractivity contribution < 1.29 is 62.5 Å². The summed E-state index contributed by atoms with van der Waals surface area (Å²) in [5, 5.41) is 35.9. The number of carbonyl (C=O) groups is 4. The minimum Gasteiger partial charge on any atom is -0.508 e. The molecule has 68 heavy (non-hydrogen) atoms. The number of thioether (sulfide) groups is 1. The minimum absolute atomic E-state index is 0.0137. The third kappa shape index (κ3) is 12.8. The number of phenolic OH excluding ortho intramolecular Hbond substituents is 1. The summed E-state index contributed by atoms with van der Waals surface area (Å²) in [5.41, 5.74) is 4.95. The van der Waals surface area contributed by atoms with Gasteiger partial charge in [-0.2, -0.15) is 4.68 Å².